The molecule has 0 aliphatic carbocycles. The number of methoxy groups -OCH3 is 1. The van der Waals surface area contributed by atoms with Crippen molar-refractivity contribution in [3.63, 3.8) is 0 Å². The first-order valence-corrected chi connectivity index (χ1v) is 7.64. The van der Waals surface area contributed by atoms with E-state index < -0.39 is 17.6 Å². The van der Waals surface area contributed by atoms with Crippen molar-refractivity contribution < 1.29 is 27.5 Å². The molecule has 138 valence electrons. The fraction of sp³-hybridized carbons (Fsp3) is 0.222. The fourth-order valence-corrected chi connectivity index (χ4v) is 2.12. The van der Waals surface area contributed by atoms with Crippen molar-refractivity contribution >= 4 is 17.5 Å². The van der Waals surface area contributed by atoms with Gasteiger partial charge in [-0.05, 0) is 42.0 Å². The Labute approximate surface area is 148 Å². The Balaban J connectivity index is 1.79. The second-order valence-electron chi connectivity index (χ2n) is 5.42. The molecule has 2 amide bonds. The van der Waals surface area contributed by atoms with Crippen molar-refractivity contribution in [3.8, 4) is 5.75 Å². The van der Waals surface area contributed by atoms with E-state index >= 15 is 0 Å². The lowest BCUT2D eigenvalue weighted by Crippen LogP contribution is -2.33. The van der Waals surface area contributed by atoms with Gasteiger partial charge in [0, 0.05) is 5.69 Å². The molecule has 0 radical (unpaired) electrons. The van der Waals surface area contributed by atoms with Crippen molar-refractivity contribution in [2.45, 2.75) is 12.6 Å². The summed E-state index contributed by atoms with van der Waals surface area (Å²) in [5.41, 5.74) is 0.169. The van der Waals surface area contributed by atoms with Gasteiger partial charge >= 0.3 is 6.18 Å². The number of rotatable bonds is 6. The standard InChI is InChI=1S/C18H17F3N2O3/c1-26-15-8-2-12(3-9-15)10-16(24)22-11-17(25)23-14-6-4-13(5-7-14)18(19,20)21/h2-9H,10-11H2,1H3,(H,22,24)(H,23,25). The molecule has 2 aromatic rings. The molecular weight excluding hydrogens is 349 g/mol. The van der Waals surface area contributed by atoms with Gasteiger partial charge in [0.2, 0.25) is 11.8 Å². The van der Waals surface area contributed by atoms with Gasteiger partial charge in [0.25, 0.3) is 0 Å². The van der Waals surface area contributed by atoms with Gasteiger partial charge in [-0.15, -0.1) is 0 Å². The van der Waals surface area contributed by atoms with E-state index in [1.165, 1.54) is 7.11 Å². The van der Waals surface area contributed by atoms with Crippen molar-refractivity contribution in [2.75, 3.05) is 19.0 Å². The van der Waals surface area contributed by atoms with E-state index in [0.717, 1.165) is 29.8 Å². The highest BCUT2D eigenvalue weighted by Crippen LogP contribution is 2.29. The first kappa shape index (κ1) is 19.3. The molecule has 2 rings (SSSR count). The third kappa shape index (κ3) is 5.80. The van der Waals surface area contributed by atoms with E-state index in [9.17, 15) is 22.8 Å². The smallest absolute Gasteiger partial charge is 0.416 e. The highest BCUT2D eigenvalue weighted by atomic mass is 19.4. The molecular formula is C18H17F3N2O3. The largest absolute Gasteiger partial charge is 0.497 e. The minimum atomic E-state index is -4.43. The average molecular weight is 366 g/mol. The molecule has 0 heterocycles. The van der Waals surface area contributed by atoms with Crippen LogP contribution in [0.25, 0.3) is 0 Å². The molecule has 8 heteroatoms. The topological polar surface area (TPSA) is 67.4 Å². The van der Waals surface area contributed by atoms with Gasteiger partial charge in [0.15, 0.2) is 0 Å². The van der Waals surface area contributed by atoms with Crippen LogP contribution in [0.2, 0.25) is 0 Å². The van der Waals surface area contributed by atoms with E-state index in [0.29, 0.717) is 5.75 Å². The summed E-state index contributed by atoms with van der Waals surface area (Å²) < 4.78 is 42.4. The van der Waals surface area contributed by atoms with Crippen LogP contribution in [-0.4, -0.2) is 25.5 Å². The Morgan fingerprint density at radius 2 is 1.58 bits per heavy atom. The van der Waals surface area contributed by atoms with Crippen LogP contribution < -0.4 is 15.4 Å². The molecule has 0 fully saturated rings. The highest BCUT2D eigenvalue weighted by molar-refractivity contribution is 5.94. The molecule has 0 saturated heterocycles. The Morgan fingerprint density at radius 3 is 2.12 bits per heavy atom. The Morgan fingerprint density at radius 1 is 0.962 bits per heavy atom. The lowest BCUT2D eigenvalue weighted by molar-refractivity contribution is -0.137. The van der Waals surface area contributed by atoms with Crippen LogP contribution in [0.5, 0.6) is 5.75 Å². The molecule has 5 nitrogen and oxygen atoms in total. The van der Waals surface area contributed by atoms with Crippen molar-refractivity contribution in [1.29, 1.82) is 0 Å². The number of benzene rings is 2. The molecule has 2 N–H and O–H groups in total. The van der Waals surface area contributed by atoms with Gasteiger partial charge in [-0.1, -0.05) is 12.1 Å². The molecule has 0 aliphatic rings. The molecule has 0 spiro atoms. The molecule has 0 saturated carbocycles. The Kier molecular flexibility index (Phi) is 6.21. The summed E-state index contributed by atoms with van der Waals surface area (Å²) in [7, 11) is 1.54. The number of amides is 2. The molecule has 0 bridgehead atoms. The number of hydrogen-bond donors (Lipinski definition) is 2. The van der Waals surface area contributed by atoms with E-state index in [2.05, 4.69) is 10.6 Å². The van der Waals surface area contributed by atoms with Gasteiger partial charge < -0.3 is 15.4 Å². The van der Waals surface area contributed by atoms with Gasteiger partial charge in [-0.3, -0.25) is 9.59 Å². The van der Waals surface area contributed by atoms with Crippen LogP contribution in [0, 0.1) is 0 Å². The maximum atomic E-state index is 12.5. The first-order chi connectivity index (χ1) is 12.3. The normalized spacial score (nSPS) is 10.9. The molecule has 0 atom stereocenters. The maximum absolute atomic E-state index is 12.5. The minimum absolute atomic E-state index is 0.0948. The zero-order chi connectivity index (χ0) is 19.2. The third-order valence-corrected chi connectivity index (χ3v) is 3.47. The van der Waals surface area contributed by atoms with Crippen molar-refractivity contribution in [2.24, 2.45) is 0 Å². The van der Waals surface area contributed by atoms with Crippen LogP contribution in [0.15, 0.2) is 48.5 Å². The number of hydrogen-bond acceptors (Lipinski definition) is 3. The zero-order valence-corrected chi connectivity index (χ0v) is 13.9. The van der Waals surface area contributed by atoms with Crippen LogP contribution >= 0.6 is 0 Å². The number of nitrogens with one attached hydrogen (secondary N) is 2. The highest BCUT2D eigenvalue weighted by Gasteiger charge is 2.29. The van der Waals surface area contributed by atoms with E-state index in [-0.39, 0.29) is 24.6 Å². The second-order valence-corrected chi connectivity index (χ2v) is 5.42. The van der Waals surface area contributed by atoms with E-state index in [1.807, 2.05) is 0 Å². The summed E-state index contributed by atoms with van der Waals surface area (Å²) in [6.07, 6.45) is -4.34. The quantitative estimate of drug-likeness (QED) is 0.826. The van der Waals surface area contributed by atoms with Crippen LogP contribution in [-0.2, 0) is 22.2 Å². The number of halogens is 3. The molecule has 2 aromatic carbocycles. The van der Waals surface area contributed by atoms with Crippen molar-refractivity contribution in [3.05, 3.63) is 59.7 Å². The summed E-state index contributed by atoms with van der Waals surface area (Å²) in [6, 6.07) is 11.0. The number of alkyl halides is 3. The van der Waals surface area contributed by atoms with Crippen LogP contribution in [0.1, 0.15) is 11.1 Å². The lowest BCUT2D eigenvalue weighted by Gasteiger charge is -2.09. The van der Waals surface area contributed by atoms with Crippen LogP contribution in [0.4, 0.5) is 18.9 Å². The lowest BCUT2D eigenvalue weighted by atomic mass is 10.1. The number of carbonyl (C=O) groups excluding carboxylic acids is 2. The van der Waals surface area contributed by atoms with E-state index in [4.69, 9.17) is 4.74 Å². The maximum Gasteiger partial charge on any atom is 0.416 e. The summed E-state index contributed by atoms with van der Waals surface area (Å²) in [6.45, 7) is -0.282. The fourth-order valence-electron chi connectivity index (χ4n) is 2.12. The average Bonchev–Trinajstić information content (AvgIpc) is 2.60. The Bertz CT molecular complexity index is 757. The molecule has 0 aliphatic heterocycles. The zero-order valence-electron chi connectivity index (χ0n) is 13.9. The van der Waals surface area contributed by atoms with Gasteiger partial charge in [-0.25, -0.2) is 0 Å². The molecule has 26 heavy (non-hydrogen) atoms. The van der Waals surface area contributed by atoms with E-state index in [1.54, 1.807) is 24.3 Å². The Hall–Kier alpha value is -3.03. The van der Waals surface area contributed by atoms with Gasteiger partial charge in [0.1, 0.15) is 5.75 Å². The summed E-state index contributed by atoms with van der Waals surface area (Å²) >= 11 is 0. The summed E-state index contributed by atoms with van der Waals surface area (Å²) in [5.74, 6) is -0.212. The third-order valence-electron chi connectivity index (χ3n) is 3.47. The number of anilines is 1. The monoisotopic (exact) mass is 366 g/mol. The van der Waals surface area contributed by atoms with Crippen molar-refractivity contribution in [1.82, 2.24) is 5.32 Å². The minimum Gasteiger partial charge on any atom is -0.497 e. The molecule has 0 aromatic heterocycles. The number of carbonyl (C=O) groups is 2. The summed E-state index contributed by atoms with van der Waals surface area (Å²) in [4.78, 5) is 23.6. The SMILES string of the molecule is COc1ccc(CC(=O)NCC(=O)Nc2ccc(C(F)(F)F)cc2)cc1. The first-order valence-electron chi connectivity index (χ1n) is 7.64. The predicted octanol–water partition coefficient (Wildman–Crippen LogP) is 3.01. The summed E-state index contributed by atoms with van der Waals surface area (Å²) in [5, 5.41) is 4.87. The molecule has 0 unspecified atom stereocenters. The van der Waals surface area contributed by atoms with Gasteiger partial charge in [-0.2, -0.15) is 13.2 Å². The van der Waals surface area contributed by atoms with Gasteiger partial charge in [0.05, 0.1) is 25.6 Å². The number of ether oxygens (including phenoxy) is 1. The second kappa shape index (κ2) is 8.37. The van der Waals surface area contributed by atoms with Crippen LogP contribution in [0.3, 0.4) is 0 Å². The predicted molar refractivity (Wildman–Crippen MR) is 89.8 cm³/mol.